The first-order chi connectivity index (χ1) is 6.31. The molecule has 0 bridgehead atoms. The van der Waals surface area contributed by atoms with Crippen molar-refractivity contribution in [1.82, 2.24) is 10.6 Å². The highest BCUT2D eigenvalue weighted by Gasteiger charge is 1.96. The minimum atomic E-state index is -0.360. The van der Waals surface area contributed by atoms with Crippen LogP contribution in [0.3, 0.4) is 0 Å². The zero-order valence-corrected chi connectivity index (χ0v) is 9.59. The lowest BCUT2D eigenvalue weighted by molar-refractivity contribution is 0.172. The molecule has 13 heavy (non-hydrogen) atoms. The van der Waals surface area contributed by atoms with Crippen molar-refractivity contribution in [3.8, 4) is 0 Å². The molecule has 6 heteroatoms. The molecule has 0 aliphatic carbocycles. The molecular weight excluding hydrogens is 208 g/mol. The van der Waals surface area contributed by atoms with E-state index in [0.29, 0.717) is 6.54 Å². The predicted octanol–water partition coefficient (Wildman–Crippen LogP) is 0.943. The van der Waals surface area contributed by atoms with Crippen LogP contribution in [-0.4, -0.2) is 44.8 Å². The van der Waals surface area contributed by atoms with Gasteiger partial charge < -0.3 is 15.4 Å². The van der Waals surface area contributed by atoms with Gasteiger partial charge in [0, 0.05) is 24.6 Å². The molecule has 78 valence electrons. The number of carbonyl (C=O) groups excluding carboxylic acids is 1. The summed E-state index contributed by atoms with van der Waals surface area (Å²) in [7, 11) is 6.85. The van der Waals surface area contributed by atoms with Gasteiger partial charge in [-0.1, -0.05) is 21.6 Å². The van der Waals surface area contributed by atoms with E-state index in [4.69, 9.17) is 0 Å². The topological polar surface area (TPSA) is 50.4 Å². The Bertz CT molecular complexity index is 136. The van der Waals surface area contributed by atoms with Crippen molar-refractivity contribution in [2.24, 2.45) is 0 Å². The second-order valence-corrected chi connectivity index (χ2v) is 4.87. The standard InChI is InChI=1S/C7H16N2O2S2/c1-8-3-5-12-13-6-4-9-7(10)11-2/h8H,3-6H2,1-2H3,(H,9,10). The number of amides is 1. The van der Waals surface area contributed by atoms with Crippen molar-refractivity contribution in [3.63, 3.8) is 0 Å². The van der Waals surface area contributed by atoms with Crippen LogP contribution in [0.1, 0.15) is 0 Å². The van der Waals surface area contributed by atoms with Crippen molar-refractivity contribution < 1.29 is 9.53 Å². The lowest BCUT2D eigenvalue weighted by Gasteiger charge is -2.02. The summed E-state index contributed by atoms with van der Waals surface area (Å²) in [5, 5.41) is 5.67. The third kappa shape index (κ3) is 9.85. The van der Waals surface area contributed by atoms with Gasteiger partial charge in [0.05, 0.1) is 7.11 Å². The smallest absolute Gasteiger partial charge is 0.406 e. The van der Waals surface area contributed by atoms with Gasteiger partial charge in [0.2, 0.25) is 0 Å². The maximum absolute atomic E-state index is 10.6. The Morgan fingerprint density at radius 1 is 1.31 bits per heavy atom. The van der Waals surface area contributed by atoms with Crippen molar-refractivity contribution >= 4 is 27.7 Å². The average Bonchev–Trinajstić information content (AvgIpc) is 2.16. The van der Waals surface area contributed by atoms with Crippen LogP contribution in [0.25, 0.3) is 0 Å². The molecule has 0 spiro atoms. The van der Waals surface area contributed by atoms with Crippen LogP contribution < -0.4 is 10.6 Å². The van der Waals surface area contributed by atoms with E-state index in [2.05, 4.69) is 15.4 Å². The van der Waals surface area contributed by atoms with E-state index in [1.165, 1.54) is 7.11 Å². The van der Waals surface area contributed by atoms with Gasteiger partial charge in [-0.05, 0) is 7.05 Å². The monoisotopic (exact) mass is 224 g/mol. The maximum Gasteiger partial charge on any atom is 0.406 e. The first kappa shape index (κ1) is 12.9. The molecule has 0 heterocycles. The van der Waals surface area contributed by atoms with Crippen molar-refractivity contribution in [2.75, 3.05) is 38.8 Å². The number of ether oxygens (including phenoxy) is 1. The third-order valence-electron chi connectivity index (χ3n) is 1.16. The van der Waals surface area contributed by atoms with E-state index in [9.17, 15) is 4.79 Å². The Hall–Kier alpha value is -0.0700. The predicted molar refractivity (Wildman–Crippen MR) is 59.3 cm³/mol. The summed E-state index contributed by atoms with van der Waals surface area (Å²) >= 11 is 0. The van der Waals surface area contributed by atoms with E-state index >= 15 is 0 Å². The summed E-state index contributed by atoms with van der Waals surface area (Å²) in [4.78, 5) is 10.6. The minimum absolute atomic E-state index is 0.360. The molecule has 0 aromatic carbocycles. The summed E-state index contributed by atoms with van der Waals surface area (Å²) in [5.74, 6) is 1.99. The van der Waals surface area contributed by atoms with Crippen LogP contribution in [0.4, 0.5) is 4.79 Å². The molecule has 0 radical (unpaired) electrons. The molecule has 0 aliphatic rings. The SMILES string of the molecule is CNCCSSCCNC(=O)OC. The number of hydrogen-bond acceptors (Lipinski definition) is 5. The van der Waals surface area contributed by atoms with Crippen LogP contribution in [0.2, 0.25) is 0 Å². The van der Waals surface area contributed by atoms with Gasteiger partial charge in [0.1, 0.15) is 0 Å². The molecule has 0 aromatic heterocycles. The molecule has 0 atom stereocenters. The Balaban J connectivity index is 2.95. The normalized spacial score (nSPS) is 9.69. The number of methoxy groups -OCH3 is 1. The Kier molecular flexibility index (Phi) is 9.96. The zero-order chi connectivity index (χ0) is 9.94. The fourth-order valence-electron chi connectivity index (χ4n) is 0.529. The molecule has 0 unspecified atom stereocenters. The molecule has 4 nitrogen and oxygen atoms in total. The van der Waals surface area contributed by atoms with E-state index < -0.39 is 0 Å². The van der Waals surface area contributed by atoms with Crippen molar-refractivity contribution in [1.29, 1.82) is 0 Å². The Morgan fingerprint density at radius 3 is 2.46 bits per heavy atom. The van der Waals surface area contributed by atoms with Crippen molar-refractivity contribution in [2.45, 2.75) is 0 Å². The van der Waals surface area contributed by atoms with Gasteiger partial charge in [0.25, 0.3) is 0 Å². The molecule has 0 aromatic rings. The maximum atomic E-state index is 10.6. The first-order valence-electron chi connectivity index (χ1n) is 4.02. The van der Waals surface area contributed by atoms with Gasteiger partial charge in [-0.25, -0.2) is 4.79 Å². The fourth-order valence-corrected chi connectivity index (χ4v) is 2.44. The molecule has 0 rings (SSSR count). The summed E-state index contributed by atoms with van der Waals surface area (Å²) in [5.41, 5.74) is 0. The molecule has 0 aliphatic heterocycles. The van der Waals surface area contributed by atoms with Crippen LogP contribution in [0.5, 0.6) is 0 Å². The number of carbonyl (C=O) groups is 1. The molecule has 0 saturated heterocycles. The lowest BCUT2D eigenvalue weighted by Crippen LogP contribution is -2.25. The average molecular weight is 224 g/mol. The zero-order valence-electron chi connectivity index (χ0n) is 7.96. The van der Waals surface area contributed by atoms with Crippen LogP contribution in [0.15, 0.2) is 0 Å². The minimum Gasteiger partial charge on any atom is -0.453 e. The highest BCUT2D eigenvalue weighted by molar-refractivity contribution is 8.76. The largest absolute Gasteiger partial charge is 0.453 e. The third-order valence-corrected chi connectivity index (χ3v) is 3.57. The molecule has 2 N–H and O–H groups in total. The molecule has 0 fully saturated rings. The van der Waals surface area contributed by atoms with Gasteiger partial charge in [0.15, 0.2) is 0 Å². The second-order valence-electron chi connectivity index (χ2n) is 2.17. The fraction of sp³-hybridized carbons (Fsp3) is 0.857. The van der Waals surface area contributed by atoms with E-state index in [1.807, 2.05) is 7.05 Å². The van der Waals surface area contributed by atoms with Crippen molar-refractivity contribution in [3.05, 3.63) is 0 Å². The van der Waals surface area contributed by atoms with Crippen LogP contribution in [0, 0.1) is 0 Å². The van der Waals surface area contributed by atoms with E-state index in [1.54, 1.807) is 21.6 Å². The van der Waals surface area contributed by atoms with Crippen LogP contribution in [-0.2, 0) is 4.74 Å². The van der Waals surface area contributed by atoms with Gasteiger partial charge >= 0.3 is 6.09 Å². The second kappa shape index (κ2) is 10.0. The van der Waals surface area contributed by atoms with Gasteiger partial charge in [-0.15, -0.1) is 0 Å². The Labute approximate surface area is 86.9 Å². The summed E-state index contributed by atoms with van der Waals surface area (Å²) in [6.45, 7) is 1.67. The lowest BCUT2D eigenvalue weighted by atomic mass is 10.7. The van der Waals surface area contributed by atoms with Crippen LogP contribution >= 0.6 is 21.6 Å². The quantitative estimate of drug-likeness (QED) is 0.498. The number of nitrogens with one attached hydrogen (secondary N) is 2. The number of alkyl carbamates (subject to hydrolysis) is 1. The summed E-state index contributed by atoms with van der Waals surface area (Å²) < 4.78 is 4.42. The summed E-state index contributed by atoms with van der Waals surface area (Å²) in [6.07, 6.45) is -0.360. The van der Waals surface area contributed by atoms with E-state index in [0.717, 1.165) is 18.1 Å². The van der Waals surface area contributed by atoms with Gasteiger partial charge in [-0.2, -0.15) is 0 Å². The highest BCUT2D eigenvalue weighted by atomic mass is 33.1. The number of rotatable bonds is 7. The number of hydrogen-bond donors (Lipinski definition) is 2. The summed E-state index contributed by atoms with van der Waals surface area (Å²) in [6, 6.07) is 0. The Morgan fingerprint density at radius 2 is 1.92 bits per heavy atom. The highest BCUT2D eigenvalue weighted by Crippen LogP contribution is 2.18. The molecule has 1 amide bonds. The molecule has 0 saturated carbocycles. The molecular formula is C7H16N2O2S2. The van der Waals surface area contributed by atoms with E-state index in [-0.39, 0.29) is 6.09 Å². The van der Waals surface area contributed by atoms with Gasteiger partial charge in [-0.3, -0.25) is 0 Å². The first-order valence-corrected chi connectivity index (χ1v) is 6.51.